The van der Waals surface area contributed by atoms with Gasteiger partial charge in [0, 0.05) is 40.3 Å². The number of nitrogens with zero attached hydrogens (tertiary/aromatic N) is 4. The molecule has 2 aromatic carbocycles. The molecule has 4 aromatic rings. The van der Waals surface area contributed by atoms with Crippen molar-refractivity contribution in [2.75, 3.05) is 25.5 Å². The number of halogens is 2. The molecule has 1 saturated heterocycles. The molecule has 8 heteroatoms. The summed E-state index contributed by atoms with van der Waals surface area (Å²) < 4.78 is 2.05. The van der Waals surface area contributed by atoms with Gasteiger partial charge in [0.25, 0.3) is 0 Å². The first-order valence-electron chi connectivity index (χ1n) is 12.8. The van der Waals surface area contributed by atoms with Gasteiger partial charge in [0.05, 0.1) is 34.7 Å². The van der Waals surface area contributed by atoms with Crippen LogP contribution in [0.5, 0.6) is 0 Å². The van der Waals surface area contributed by atoms with E-state index in [9.17, 15) is 4.79 Å². The molecule has 1 unspecified atom stereocenters. The van der Waals surface area contributed by atoms with Gasteiger partial charge in [-0.2, -0.15) is 5.10 Å². The summed E-state index contributed by atoms with van der Waals surface area (Å²) >= 11 is 12.9. The van der Waals surface area contributed by atoms with Crippen molar-refractivity contribution in [3.63, 3.8) is 0 Å². The monoisotopic (exact) mass is 533 g/mol. The van der Waals surface area contributed by atoms with Crippen molar-refractivity contribution in [1.82, 2.24) is 19.7 Å². The van der Waals surface area contributed by atoms with Crippen LogP contribution < -0.4 is 5.32 Å². The number of carbonyl (C=O) groups excluding carboxylic acids is 1. The number of carbonyl (C=O) groups is 1. The zero-order valence-corrected chi connectivity index (χ0v) is 22.5. The van der Waals surface area contributed by atoms with E-state index in [2.05, 4.69) is 33.4 Å². The smallest absolute Gasteiger partial charge is 0.169 e. The first-order chi connectivity index (χ1) is 17.9. The van der Waals surface area contributed by atoms with Crippen LogP contribution in [0.15, 0.2) is 48.9 Å². The highest BCUT2D eigenvalue weighted by Crippen LogP contribution is 2.39. The molecule has 1 aliphatic heterocycles. The maximum absolute atomic E-state index is 13.3. The second-order valence-corrected chi connectivity index (χ2v) is 11.2. The molecule has 2 aliphatic rings. The second-order valence-electron chi connectivity index (χ2n) is 10.4. The van der Waals surface area contributed by atoms with Gasteiger partial charge in [-0.05, 0) is 87.2 Å². The molecule has 1 atom stereocenters. The van der Waals surface area contributed by atoms with Crippen LogP contribution in [0.4, 0.5) is 11.4 Å². The molecule has 190 valence electrons. The van der Waals surface area contributed by atoms with Crippen LogP contribution >= 0.6 is 23.2 Å². The molecule has 0 spiro atoms. The van der Waals surface area contributed by atoms with E-state index >= 15 is 0 Å². The molecule has 1 N–H and O–H groups in total. The predicted octanol–water partition coefficient (Wildman–Crippen LogP) is 7.32. The van der Waals surface area contributed by atoms with Gasteiger partial charge in [-0.15, -0.1) is 0 Å². The van der Waals surface area contributed by atoms with Gasteiger partial charge in [0.1, 0.15) is 0 Å². The first-order valence-corrected chi connectivity index (χ1v) is 13.6. The summed E-state index contributed by atoms with van der Waals surface area (Å²) in [5.41, 5.74) is 5.79. The number of Topliss-reactive ketones (excluding diaryl/α,β-unsaturated/α-hetero) is 1. The lowest BCUT2D eigenvalue weighted by Crippen LogP contribution is -2.33. The molecule has 37 heavy (non-hydrogen) atoms. The number of rotatable bonds is 6. The lowest BCUT2D eigenvalue weighted by Gasteiger charge is -2.29. The van der Waals surface area contributed by atoms with Crippen LogP contribution in [0.1, 0.15) is 47.6 Å². The van der Waals surface area contributed by atoms with Crippen molar-refractivity contribution < 1.29 is 4.79 Å². The molecule has 2 fully saturated rings. The van der Waals surface area contributed by atoms with Crippen LogP contribution in [-0.4, -0.2) is 45.6 Å². The topological polar surface area (TPSA) is 63.1 Å². The molecule has 0 bridgehead atoms. The number of piperidine rings is 1. The minimum Gasteiger partial charge on any atom is -0.352 e. The minimum atomic E-state index is 0.0817. The Morgan fingerprint density at radius 1 is 1.05 bits per heavy atom. The molecule has 6 nitrogen and oxygen atoms in total. The molecule has 1 aliphatic carbocycles. The Morgan fingerprint density at radius 2 is 1.84 bits per heavy atom. The van der Waals surface area contributed by atoms with Crippen LogP contribution in [0.2, 0.25) is 10.0 Å². The number of anilines is 2. The van der Waals surface area contributed by atoms with E-state index in [4.69, 9.17) is 23.2 Å². The number of fused-ring (bicyclic) bond motifs is 1. The Balaban J connectivity index is 1.43. The van der Waals surface area contributed by atoms with Gasteiger partial charge in [0.2, 0.25) is 0 Å². The Kier molecular flexibility index (Phi) is 6.43. The zero-order chi connectivity index (χ0) is 25.7. The van der Waals surface area contributed by atoms with Crippen molar-refractivity contribution in [2.45, 2.75) is 38.6 Å². The van der Waals surface area contributed by atoms with E-state index in [-0.39, 0.29) is 11.7 Å². The number of likely N-dealkylation sites (N-methyl/N-ethyl adjacent to an activating group) is 1. The molecule has 0 radical (unpaired) electrons. The maximum Gasteiger partial charge on any atom is 0.169 e. The van der Waals surface area contributed by atoms with Gasteiger partial charge in [0.15, 0.2) is 5.78 Å². The fourth-order valence-electron chi connectivity index (χ4n) is 5.17. The summed E-state index contributed by atoms with van der Waals surface area (Å²) in [6.45, 7) is 4.01. The fourth-order valence-corrected chi connectivity index (χ4v) is 5.66. The highest BCUT2D eigenvalue weighted by molar-refractivity contribution is 6.36. The van der Waals surface area contributed by atoms with E-state index in [1.54, 1.807) is 6.20 Å². The standard InChI is InChI=1S/C29H29Cl2N5O/c1-17-25(30)11-20(12-26(17)31)19-7-8-27-23(10-19)28(24(14-32-27)29(37)18-5-6-18)34-21-13-33-36(15-21)22-4-3-9-35(2)16-22/h7-8,10-15,18,22H,3-6,9,16H2,1-2H3,(H,32,34). The van der Waals surface area contributed by atoms with Gasteiger partial charge < -0.3 is 10.2 Å². The van der Waals surface area contributed by atoms with Crippen molar-refractivity contribution in [1.29, 1.82) is 0 Å². The fraction of sp³-hybridized carbons (Fsp3) is 0.345. The van der Waals surface area contributed by atoms with Crippen molar-refractivity contribution in [3.8, 4) is 11.1 Å². The van der Waals surface area contributed by atoms with Gasteiger partial charge >= 0.3 is 0 Å². The number of pyridine rings is 1. The summed E-state index contributed by atoms with van der Waals surface area (Å²) in [5.74, 6) is 0.225. The Hall–Kier alpha value is -2.93. The molecule has 6 rings (SSSR count). The minimum absolute atomic E-state index is 0.0817. The third-order valence-corrected chi connectivity index (χ3v) is 8.33. The number of benzene rings is 2. The van der Waals surface area contributed by atoms with Crippen LogP contribution in [0, 0.1) is 12.8 Å². The first kappa shape index (κ1) is 24.4. The third-order valence-electron chi connectivity index (χ3n) is 7.54. The quantitative estimate of drug-likeness (QED) is 0.263. The number of hydrogen-bond acceptors (Lipinski definition) is 5. The van der Waals surface area contributed by atoms with Gasteiger partial charge in [-0.25, -0.2) is 0 Å². The lowest BCUT2D eigenvalue weighted by molar-refractivity contribution is 0.0968. The van der Waals surface area contributed by atoms with Gasteiger partial charge in [-0.1, -0.05) is 29.3 Å². The van der Waals surface area contributed by atoms with E-state index < -0.39 is 0 Å². The summed E-state index contributed by atoms with van der Waals surface area (Å²) in [6, 6.07) is 10.2. The highest BCUT2D eigenvalue weighted by Gasteiger charge is 2.33. The van der Waals surface area contributed by atoms with E-state index in [0.717, 1.165) is 77.7 Å². The lowest BCUT2D eigenvalue weighted by atomic mass is 9.98. The van der Waals surface area contributed by atoms with Gasteiger partial charge in [-0.3, -0.25) is 14.5 Å². The Morgan fingerprint density at radius 3 is 2.57 bits per heavy atom. The van der Waals surface area contributed by atoms with Crippen LogP contribution in [-0.2, 0) is 0 Å². The Bertz CT molecular complexity index is 1490. The number of hydrogen-bond donors (Lipinski definition) is 1. The van der Waals surface area contributed by atoms with E-state index in [1.165, 1.54) is 0 Å². The third kappa shape index (κ3) is 4.86. The molecule has 0 amide bonds. The molecule has 1 saturated carbocycles. The molecular weight excluding hydrogens is 505 g/mol. The average molecular weight is 534 g/mol. The average Bonchev–Trinajstić information content (AvgIpc) is 3.64. The Labute approximate surface area is 226 Å². The van der Waals surface area contributed by atoms with E-state index in [0.29, 0.717) is 21.7 Å². The van der Waals surface area contributed by atoms with Crippen molar-refractivity contribution in [3.05, 3.63) is 70.1 Å². The number of aromatic nitrogens is 3. The molecule has 2 aromatic heterocycles. The summed E-state index contributed by atoms with van der Waals surface area (Å²) in [4.78, 5) is 20.3. The summed E-state index contributed by atoms with van der Waals surface area (Å²) in [6.07, 6.45) is 9.74. The summed E-state index contributed by atoms with van der Waals surface area (Å²) in [7, 11) is 2.15. The zero-order valence-electron chi connectivity index (χ0n) is 21.0. The normalized spacial score (nSPS) is 18.3. The van der Waals surface area contributed by atoms with Crippen molar-refractivity contribution >= 4 is 51.3 Å². The van der Waals surface area contributed by atoms with Crippen LogP contribution in [0.25, 0.3) is 22.0 Å². The number of nitrogens with one attached hydrogen (secondary N) is 1. The van der Waals surface area contributed by atoms with E-state index in [1.807, 2.05) is 48.3 Å². The summed E-state index contributed by atoms with van der Waals surface area (Å²) in [5, 5.41) is 10.3. The second kappa shape index (κ2) is 9.75. The highest BCUT2D eigenvalue weighted by atomic mass is 35.5. The number of ketones is 1. The predicted molar refractivity (Wildman–Crippen MR) is 150 cm³/mol. The number of likely N-dealkylation sites (tertiary alicyclic amines) is 1. The maximum atomic E-state index is 13.3. The SMILES string of the molecule is Cc1c(Cl)cc(-c2ccc3ncc(C(=O)C4CC4)c(Nc4cnn(C5CCCN(C)C5)c4)c3c2)cc1Cl. The van der Waals surface area contributed by atoms with Crippen molar-refractivity contribution in [2.24, 2.45) is 5.92 Å². The van der Waals surface area contributed by atoms with Crippen LogP contribution in [0.3, 0.4) is 0 Å². The largest absolute Gasteiger partial charge is 0.352 e. The molecule has 3 heterocycles. The molecular formula is C29H29Cl2N5O.